The second-order valence-corrected chi connectivity index (χ2v) is 4.40. The fraction of sp³-hybridized carbons (Fsp3) is 0.286. The Kier molecular flexibility index (Phi) is 3.87. The van der Waals surface area contributed by atoms with Crippen molar-refractivity contribution < 1.29 is 4.42 Å². The largest absolute Gasteiger partial charge is 0.472 e. The zero-order valence-electron chi connectivity index (χ0n) is 10.0. The van der Waals surface area contributed by atoms with Crippen LogP contribution in [0.1, 0.15) is 29.7 Å². The Morgan fingerprint density at radius 3 is 2.82 bits per heavy atom. The Morgan fingerprint density at radius 2 is 2.18 bits per heavy atom. The highest BCUT2D eigenvalue weighted by Crippen LogP contribution is 2.30. The molecule has 0 saturated carbocycles. The average molecular weight is 250 g/mol. The van der Waals surface area contributed by atoms with Gasteiger partial charge in [-0.05, 0) is 30.7 Å². The Morgan fingerprint density at radius 1 is 1.35 bits per heavy atom. The lowest BCUT2D eigenvalue weighted by Gasteiger charge is -2.19. The number of hydrogen-bond donors (Lipinski definition) is 1. The van der Waals surface area contributed by atoms with Crippen LogP contribution in [0.2, 0.25) is 5.02 Å². The van der Waals surface area contributed by atoms with Crippen molar-refractivity contribution in [1.29, 1.82) is 0 Å². The fourth-order valence-electron chi connectivity index (χ4n) is 1.94. The molecule has 17 heavy (non-hydrogen) atoms. The smallest absolute Gasteiger partial charge is 0.0953 e. The predicted molar refractivity (Wildman–Crippen MR) is 70.4 cm³/mol. The van der Waals surface area contributed by atoms with Crippen molar-refractivity contribution in [3.63, 3.8) is 0 Å². The van der Waals surface area contributed by atoms with E-state index in [4.69, 9.17) is 16.0 Å². The Balaban J connectivity index is 2.43. The zero-order chi connectivity index (χ0) is 12.3. The normalized spacial score (nSPS) is 12.6. The van der Waals surface area contributed by atoms with Gasteiger partial charge in [-0.3, -0.25) is 0 Å². The molecule has 2 nitrogen and oxygen atoms in total. The van der Waals surface area contributed by atoms with E-state index in [0.717, 1.165) is 28.3 Å². The van der Waals surface area contributed by atoms with Crippen molar-refractivity contribution in [3.8, 4) is 0 Å². The third-order valence-electron chi connectivity index (χ3n) is 2.82. The van der Waals surface area contributed by atoms with Crippen LogP contribution in [-0.4, -0.2) is 6.54 Å². The summed E-state index contributed by atoms with van der Waals surface area (Å²) in [6, 6.07) is 8.15. The number of nitrogens with one attached hydrogen (secondary N) is 1. The van der Waals surface area contributed by atoms with E-state index in [1.807, 2.05) is 25.1 Å². The highest BCUT2D eigenvalue weighted by atomic mass is 35.5. The first-order valence-electron chi connectivity index (χ1n) is 5.74. The van der Waals surface area contributed by atoms with Gasteiger partial charge in [-0.1, -0.05) is 36.7 Å². The lowest BCUT2D eigenvalue weighted by molar-refractivity contribution is 0.553. The maximum Gasteiger partial charge on any atom is 0.0953 e. The molecule has 1 aromatic heterocycles. The number of halogens is 1. The summed E-state index contributed by atoms with van der Waals surface area (Å²) in [7, 11) is 0. The first kappa shape index (κ1) is 12.2. The van der Waals surface area contributed by atoms with E-state index in [0.29, 0.717) is 0 Å². The van der Waals surface area contributed by atoms with Crippen molar-refractivity contribution in [1.82, 2.24) is 5.32 Å². The summed E-state index contributed by atoms with van der Waals surface area (Å²) in [4.78, 5) is 0. The molecule has 0 bridgehead atoms. The molecule has 0 aliphatic heterocycles. The minimum absolute atomic E-state index is 0.0890. The first-order chi connectivity index (χ1) is 8.24. The van der Waals surface area contributed by atoms with Gasteiger partial charge in [-0.2, -0.15) is 0 Å². The van der Waals surface area contributed by atoms with E-state index in [-0.39, 0.29) is 6.04 Å². The summed E-state index contributed by atoms with van der Waals surface area (Å²) in [5.74, 6) is 0. The van der Waals surface area contributed by atoms with E-state index in [1.165, 1.54) is 0 Å². The zero-order valence-corrected chi connectivity index (χ0v) is 10.8. The average Bonchev–Trinajstić information content (AvgIpc) is 2.84. The van der Waals surface area contributed by atoms with Crippen LogP contribution in [-0.2, 0) is 0 Å². The monoisotopic (exact) mass is 249 g/mol. The van der Waals surface area contributed by atoms with Gasteiger partial charge in [0.05, 0.1) is 18.6 Å². The molecule has 0 fully saturated rings. The molecule has 1 N–H and O–H groups in total. The van der Waals surface area contributed by atoms with E-state index in [9.17, 15) is 0 Å². The first-order valence-corrected chi connectivity index (χ1v) is 6.12. The summed E-state index contributed by atoms with van der Waals surface area (Å²) in [6.45, 7) is 4.97. The number of rotatable bonds is 4. The molecule has 1 heterocycles. The second-order valence-electron chi connectivity index (χ2n) is 4.03. The van der Waals surface area contributed by atoms with Crippen LogP contribution in [0.5, 0.6) is 0 Å². The highest BCUT2D eigenvalue weighted by Gasteiger charge is 2.17. The predicted octanol–water partition coefficient (Wildman–Crippen LogP) is 3.94. The molecular weight excluding hydrogens is 234 g/mol. The van der Waals surface area contributed by atoms with Crippen LogP contribution >= 0.6 is 11.6 Å². The van der Waals surface area contributed by atoms with Gasteiger partial charge in [0.15, 0.2) is 0 Å². The Labute approximate surface area is 107 Å². The van der Waals surface area contributed by atoms with E-state index in [2.05, 4.69) is 18.3 Å². The van der Waals surface area contributed by atoms with Gasteiger partial charge < -0.3 is 9.73 Å². The van der Waals surface area contributed by atoms with Crippen LogP contribution in [0.3, 0.4) is 0 Å². The fourth-order valence-corrected chi connectivity index (χ4v) is 2.18. The van der Waals surface area contributed by atoms with Crippen molar-refractivity contribution in [2.75, 3.05) is 6.54 Å². The van der Waals surface area contributed by atoms with Gasteiger partial charge >= 0.3 is 0 Å². The molecule has 0 saturated heterocycles. The van der Waals surface area contributed by atoms with Gasteiger partial charge in [0.1, 0.15) is 0 Å². The molecule has 0 aliphatic rings. The summed E-state index contributed by atoms with van der Waals surface area (Å²) in [6.07, 6.45) is 3.44. The second kappa shape index (κ2) is 5.39. The molecule has 3 heteroatoms. The molecular formula is C14H16ClNO. The molecule has 0 radical (unpaired) electrons. The van der Waals surface area contributed by atoms with Gasteiger partial charge in [0, 0.05) is 10.6 Å². The molecule has 1 unspecified atom stereocenters. The van der Waals surface area contributed by atoms with Gasteiger partial charge in [-0.15, -0.1) is 0 Å². The SMILES string of the molecule is CCNC(c1ccoc1)c1cccc(C)c1Cl. The molecule has 90 valence electrons. The molecule has 0 spiro atoms. The summed E-state index contributed by atoms with van der Waals surface area (Å²) in [5, 5.41) is 4.24. The molecule has 2 aromatic rings. The van der Waals surface area contributed by atoms with Crippen LogP contribution < -0.4 is 5.32 Å². The molecule has 1 aromatic carbocycles. The number of benzene rings is 1. The topological polar surface area (TPSA) is 25.2 Å². The Hall–Kier alpha value is -1.25. The summed E-state index contributed by atoms with van der Waals surface area (Å²) in [5.41, 5.74) is 3.28. The minimum atomic E-state index is 0.0890. The van der Waals surface area contributed by atoms with E-state index >= 15 is 0 Å². The molecule has 0 amide bonds. The van der Waals surface area contributed by atoms with Crippen LogP contribution in [0, 0.1) is 6.92 Å². The highest BCUT2D eigenvalue weighted by molar-refractivity contribution is 6.32. The minimum Gasteiger partial charge on any atom is -0.472 e. The maximum absolute atomic E-state index is 6.37. The van der Waals surface area contributed by atoms with Crippen LogP contribution in [0.4, 0.5) is 0 Å². The van der Waals surface area contributed by atoms with Gasteiger partial charge in [-0.25, -0.2) is 0 Å². The quantitative estimate of drug-likeness (QED) is 0.888. The van der Waals surface area contributed by atoms with Crippen molar-refractivity contribution >= 4 is 11.6 Å². The number of furan rings is 1. The van der Waals surface area contributed by atoms with E-state index in [1.54, 1.807) is 12.5 Å². The lowest BCUT2D eigenvalue weighted by atomic mass is 9.99. The van der Waals surface area contributed by atoms with Crippen molar-refractivity contribution in [3.05, 3.63) is 58.5 Å². The standard InChI is InChI=1S/C14H16ClNO/c1-3-16-14(11-7-8-17-9-11)12-6-4-5-10(2)13(12)15/h4-9,14,16H,3H2,1-2H3. The van der Waals surface area contributed by atoms with Crippen LogP contribution in [0.15, 0.2) is 41.2 Å². The van der Waals surface area contributed by atoms with E-state index < -0.39 is 0 Å². The van der Waals surface area contributed by atoms with Crippen molar-refractivity contribution in [2.45, 2.75) is 19.9 Å². The lowest BCUT2D eigenvalue weighted by Crippen LogP contribution is -2.22. The third-order valence-corrected chi connectivity index (χ3v) is 3.33. The Bertz CT molecular complexity index is 479. The van der Waals surface area contributed by atoms with Crippen molar-refractivity contribution in [2.24, 2.45) is 0 Å². The molecule has 1 atom stereocenters. The summed E-state index contributed by atoms with van der Waals surface area (Å²) < 4.78 is 5.15. The van der Waals surface area contributed by atoms with Crippen LogP contribution in [0.25, 0.3) is 0 Å². The molecule has 2 rings (SSSR count). The van der Waals surface area contributed by atoms with Gasteiger partial charge in [0.2, 0.25) is 0 Å². The third kappa shape index (κ3) is 2.54. The maximum atomic E-state index is 6.37. The number of aryl methyl sites for hydroxylation is 1. The molecule has 0 aliphatic carbocycles. The van der Waals surface area contributed by atoms with Gasteiger partial charge in [0.25, 0.3) is 0 Å². The number of hydrogen-bond acceptors (Lipinski definition) is 2. The summed E-state index contributed by atoms with van der Waals surface area (Å²) >= 11 is 6.37.